The number of nitrogens with zero attached hydrogens (tertiary/aromatic N) is 2. The Hall–Kier alpha value is -3.22. The number of para-hydroxylation sites is 3. The van der Waals surface area contributed by atoms with E-state index in [2.05, 4.69) is 16.4 Å². The first-order chi connectivity index (χ1) is 14.6. The van der Waals surface area contributed by atoms with Gasteiger partial charge in [0.15, 0.2) is 5.75 Å². The number of aromatic nitrogens is 1. The van der Waals surface area contributed by atoms with E-state index in [1.54, 1.807) is 11.3 Å². The molecular weight excluding hydrogens is 394 g/mol. The van der Waals surface area contributed by atoms with Crippen molar-refractivity contribution in [2.24, 2.45) is 0 Å². The Morgan fingerprint density at radius 3 is 2.57 bits per heavy atom. The number of nitrogens with one attached hydrogen (secondary N) is 1. The van der Waals surface area contributed by atoms with E-state index in [4.69, 9.17) is 4.74 Å². The van der Waals surface area contributed by atoms with Crippen LogP contribution in [-0.2, 0) is 11.3 Å². The minimum absolute atomic E-state index is 0.0985. The third kappa shape index (κ3) is 5.03. The average molecular weight is 418 g/mol. The van der Waals surface area contributed by atoms with Crippen LogP contribution in [0, 0.1) is 6.92 Å². The van der Waals surface area contributed by atoms with Crippen molar-refractivity contribution in [2.75, 3.05) is 18.9 Å². The third-order valence-corrected chi connectivity index (χ3v) is 5.59. The minimum Gasteiger partial charge on any atom is -0.455 e. The maximum atomic E-state index is 12.6. The topological polar surface area (TPSA) is 54.5 Å². The minimum atomic E-state index is -0.0985. The summed E-state index contributed by atoms with van der Waals surface area (Å²) in [5.74, 6) is 1.25. The van der Waals surface area contributed by atoms with Gasteiger partial charge in [0.1, 0.15) is 10.8 Å². The van der Waals surface area contributed by atoms with Crippen LogP contribution >= 0.6 is 11.3 Å². The van der Waals surface area contributed by atoms with Gasteiger partial charge in [-0.05, 0) is 50.4 Å². The zero-order valence-electron chi connectivity index (χ0n) is 17.0. The molecule has 0 bridgehead atoms. The quantitative estimate of drug-likeness (QED) is 0.433. The molecule has 4 rings (SSSR count). The fourth-order valence-electron chi connectivity index (χ4n) is 3.10. The van der Waals surface area contributed by atoms with Crippen molar-refractivity contribution in [1.82, 2.24) is 9.88 Å². The van der Waals surface area contributed by atoms with Gasteiger partial charge in [0.2, 0.25) is 5.91 Å². The summed E-state index contributed by atoms with van der Waals surface area (Å²) in [6.45, 7) is 2.91. The molecule has 4 aromatic rings. The molecule has 1 heterocycles. The Morgan fingerprint density at radius 1 is 1.03 bits per heavy atom. The van der Waals surface area contributed by atoms with Gasteiger partial charge in [0.05, 0.1) is 29.0 Å². The van der Waals surface area contributed by atoms with E-state index in [-0.39, 0.29) is 12.5 Å². The second-order valence-corrected chi connectivity index (χ2v) is 8.32. The number of ether oxygens (including phenoxy) is 1. The molecule has 1 amide bonds. The highest BCUT2D eigenvalue weighted by atomic mass is 32.1. The Kier molecular flexibility index (Phi) is 6.07. The lowest BCUT2D eigenvalue weighted by Gasteiger charge is -2.16. The molecule has 0 unspecified atom stereocenters. The number of carbonyl (C=O) groups is 1. The smallest absolute Gasteiger partial charge is 0.238 e. The summed E-state index contributed by atoms with van der Waals surface area (Å²) in [5, 5.41) is 3.96. The molecule has 5 nitrogen and oxygen atoms in total. The molecule has 0 aliphatic heterocycles. The molecule has 0 saturated carbocycles. The van der Waals surface area contributed by atoms with Gasteiger partial charge in [-0.2, -0.15) is 0 Å². The SMILES string of the molecule is Cc1ccc(Oc2ccccc2NC(=O)CN(C)Cc2nc3ccccc3s2)cc1. The predicted octanol–water partition coefficient (Wildman–Crippen LogP) is 5.47. The van der Waals surface area contributed by atoms with Gasteiger partial charge in [0.25, 0.3) is 0 Å². The van der Waals surface area contributed by atoms with Crippen molar-refractivity contribution >= 4 is 33.1 Å². The summed E-state index contributed by atoms with van der Waals surface area (Å²) in [4.78, 5) is 19.2. The van der Waals surface area contributed by atoms with Gasteiger partial charge in [-0.15, -0.1) is 11.3 Å². The van der Waals surface area contributed by atoms with Crippen LogP contribution in [0.5, 0.6) is 11.5 Å². The first kappa shape index (κ1) is 20.1. The van der Waals surface area contributed by atoms with Crippen LogP contribution in [0.25, 0.3) is 10.2 Å². The van der Waals surface area contributed by atoms with E-state index in [0.717, 1.165) is 21.0 Å². The van der Waals surface area contributed by atoms with Crippen molar-refractivity contribution in [2.45, 2.75) is 13.5 Å². The number of hydrogen-bond acceptors (Lipinski definition) is 5. The van der Waals surface area contributed by atoms with Crippen LogP contribution in [-0.4, -0.2) is 29.4 Å². The predicted molar refractivity (Wildman–Crippen MR) is 122 cm³/mol. The van der Waals surface area contributed by atoms with Crippen LogP contribution in [0.1, 0.15) is 10.6 Å². The van der Waals surface area contributed by atoms with Crippen molar-refractivity contribution in [3.8, 4) is 11.5 Å². The lowest BCUT2D eigenvalue weighted by molar-refractivity contribution is -0.117. The number of hydrogen-bond donors (Lipinski definition) is 1. The van der Waals surface area contributed by atoms with Gasteiger partial charge in [-0.1, -0.05) is 42.0 Å². The number of aryl methyl sites for hydroxylation is 1. The molecule has 0 aliphatic carbocycles. The van der Waals surface area contributed by atoms with Crippen LogP contribution in [0.2, 0.25) is 0 Å². The zero-order valence-corrected chi connectivity index (χ0v) is 17.8. The standard InChI is InChI=1S/C24H23N3O2S/c1-17-11-13-18(14-12-17)29-21-9-5-3-7-19(21)25-23(28)15-27(2)16-24-26-20-8-4-6-10-22(20)30-24/h3-14H,15-16H2,1-2H3,(H,25,28). The van der Waals surface area contributed by atoms with Crippen molar-refractivity contribution in [3.63, 3.8) is 0 Å². The van der Waals surface area contributed by atoms with Gasteiger partial charge in [0, 0.05) is 0 Å². The largest absolute Gasteiger partial charge is 0.455 e. The highest BCUT2D eigenvalue weighted by molar-refractivity contribution is 7.18. The molecule has 0 atom stereocenters. The molecule has 0 saturated heterocycles. The van der Waals surface area contributed by atoms with Gasteiger partial charge in [-0.25, -0.2) is 4.98 Å². The molecule has 30 heavy (non-hydrogen) atoms. The summed E-state index contributed by atoms with van der Waals surface area (Å²) in [7, 11) is 1.92. The van der Waals surface area contributed by atoms with Gasteiger partial charge >= 0.3 is 0 Å². The van der Waals surface area contributed by atoms with Crippen molar-refractivity contribution in [1.29, 1.82) is 0 Å². The van der Waals surface area contributed by atoms with E-state index < -0.39 is 0 Å². The molecule has 0 radical (unpaired) electrons. The second-order valence-electron chi connectivity index (χ2n) is 7.21. The molecule has 6 heteroatoms. The average Bonchev–Trinajstić information content (AvgIpc) is 3.13. The first-order valence-corrected chi connectivity index (χ1v) is 10.5. The number of thiazole rings is 1. The molecule has 0 fully saturated rings. The van der Waals surface area contributed by atoms with E-state index in [0.29, 0.717) is 18.0 Å². The first-order valence-electron chi connectivity index (χ1n) is 9.73. The Balaban J connectivity index is 1.38. The highest BCUT2D eigenvalue weighted by Gasteiger charge is 2.13. The number of likely N-dealkylation sites (N-methyl/N-ethyl adjacent to an activating group) is 1. The molecule has 0 aliphatic rings. The second kappa shape index (κ2) is 9.07. The summed E-state index contributed by atoms with van der Waals surface area (Å²) in [5.41, 5.74) is 2.81. The van der Waals surface area contributed by atoms with Crippen LogP contribution in [0.4, 0.5) is 5.69 Å². The summed E-state index contributed by atoms with van der Waals surface area (Å²) in [6.07, 6.45) is 0. The normalized spacial score (nSPS) is 11.0. The maximum absolute atomic E-state index is 12.6. The van der Waals surface area contributed by atoms with Crippen LogP contribution in [0.15, 0.2) is 72.8 Å². The summed E-state index contributed by atoms with van der Waals surface area (Å²) in [6, 6.07) is 23.3. The van der Waals surface area contributed by atoms with Gasteiger partial charge < -0.3 is 10.1 Å². The Bertz CT molecular complexity index is 1120. The lowest BCUT2D eigenvalue weighted by Crippen LogP contribution is -2.29. The lowest BCUT2D eigenvalue weighted by atomic mass is 10.2. The molecule has 3 aromatic carbocycles. The number of carbonyl (C=O) groups excluding carboxylic acids is 1. The molecule has 1 N–H and O–H groups in total. The van der Waals surface area contributed by atoms with Gasteiger partial charge in [-0.3, -0.25) is 9.69 Å². The van der Waals surface area contributed by atoms with E-state index in [1.807, 2.05) is 85.6 Å². The number of benzene rings is 3. The van der Waals surface area contributed by atoms with Crippen molar-refractivity contribution < 1.29 is 9.53 Å². The van der Waals surface area contributed by atoms with E-state index >= 15 is 0 Å². The molecule has 1 aromatic heterocycles. The monoisotopic (exact) mass is 417 g/mol. The van der Waals surface area contributed by atoms with Crippen molar-refractivity contribution in [3.05, 3.63) is 83.4 Å². The fraction of sp³-hybridized carbons (Fsp3) is 0.167. The number of rotatable bonds is 7. The number of amides is 1. The Morgan fingerprint density at radius 2 is 1.77 bits per heavy atom. The summed E-state index contributed by atoms with van der Waals surface area (Å²) < 4.78 is 7.12. The Labute approximate surface area is 179 Å². The fourth-order valence-corrected chi connectivity index (χ4v) is 4.15. The van der Waals surface area contributed by atoms with Crippen LogP contribution in [0.3, 0.4) is 0 Å². The third-order valence-electron chi connectivity index (χ3n) is 4.57. The van der Waals surface area contributed by atoms with Crippen LogP contribution < -0.4 is 10.1 Å². The molecule has 0 spiro atoms. The molecule has 152 valence electrons. The highest BCUT2D eigenvalue weighted by Crippen LogP contribution is 2.29. The zero-order chi connectivity index (χ0) is 20.9. The number of fused-ring (bicyclic) bond motifs is 1. The molecular formula is C24H23N3O2S. The summed E-state index contributed by atoms with van der Waals surface area (Å²) >= 11 is 1.66. The number of anilines is 1. The maximum Gasteiger partial charge on any atom is 0.238 e. The van der Waals surface area contributed by atoms with E-state index in [1.165, 1.54) is 5.56 Å². The van der Waals surface area contributed by atoms with E-state index in [9.17, 15) is 4.79 Å².